The highest BCUT2D eigenvalue weighted by Gasteiger charge is 2.24. The van der Waals surface area contributed by atoms with Gasteiger partial charge in [-0.15, -0.1) is 0 Å². The highest BCUT2D eigenvalue weighted by Crippen LogP contribution is 2.36. The number of halogens is 1. The van der Waals surface area contributed by atoms with E-state index >= 15 is 0 Å². The van der Waals surface area contributed by atoms with Crippen molar-refractivity contribution in [2.75, 3.05) is 7.11 Å². The predicted octanol–water partition coefficient (Wildman–Crippen LogP) is 4.42. The molecule has 0 atom stereocenters. The van der Waals surface area contributed by atoms with Crippen LogP contribution in [0.3, 0.4) is 0 Å². The number of para-hydroxylation sites is 1. The van der Waals surface area contributed by atoms with Gasteiger partial charge in [0.1, 0.15) is 11.5 Å². The van der Waals surface area contributed by atoms with E-state index in [0.717, 1.165) is 5.69 Å². The average molecular weight is 344 g/mol. The van der Waals surface area contributed by atoms with Crippen LogP contribution < -0.4 is 4.74 Å². The Morgan fingerprint density at radius 3 is 2.62 bits per heavy atom. The molecular weight excluding hydrogens is 330 g/mol. The van der Waals surface area contributed by atoms with Gasteiger partial charge in [-0.25, -0.2) is 4.98 Å². The van der Waals surface area contributed by atoms with Crippen LogP contribution in [-0.2, 0) is 0 Å². The third-order valence-electron chi connectivity index (χ3n) is 3.58. The quantitative estimate of drug-likeness (QED) is 0.519. The summed E-state index contributed by atoms with van der Waals surface area (Å²) in [7, 11) is 1.40. The van der Waals surface area contributed by atoms with Gasteiger partial charge in [0.15, 0.2) is 5.75 Å². The fraction of sp³-hybridized carbons (Fsp3) is 0.118. The monoisotopic (exact) mass is 343 g/mol. The molecule has 0 aliphatic carbocycles. The number of nitro groups is 1. The summed E-state index contributed by atoms with van der Waals surface area (Å²) in [6.07, 6.45) is 1.74. The average Bonchev–Trinajstić information content (AvgIpc) is 2.95. The van der Waals surface area contributed by atoms with Gasteiger partial charge in [0.2, 0.25) is 0 Å². The van der Waals surface area contributed by atoms with Gasteiger partial charge in [-0.1, -0.05) is 29.8 Å². The van der Waals surface area contributed by atoms with Gasteiger partial charge in [-0.05, 0) is 31.2 Å². The van der Waals surface area contributed by atoms with Gasteiger partial charge in [0, 0.05) is 11.8 Å². The van der Waals surface area contributed by atoms with Gasteiger partial charge < -0.3 is 4.74 Å². The summed E-state index contributed by atoms with van der Waals surface area (Å²) in [5.74, 6) is 0.725. The first-order valence-electron chi connectivity index (χ1n) is 7.15. The molecule has 0 fully saturated rings. The molecule has 0 saturated carbocycles. The van der Waals surface area contributed by atoms with Crippen molar-refractivity contribution in [2.45, 2.75) is 6.92 Å². The molecule has 0 unspecified atom stereocenters. The molecule has 6 nitrogen and oxygen atoms in total. The molecule has 0 aliphatic heterocycles. The molecule has 24 heavy (non-hydrogen) atoms. The lowest BCUT2D eigenvalue weighted by Gasteiger charge is -2.11. The Labute approximate surface area is 143 Å². The van der Waals surface area contributed by atoms with E-state index in [4.69, 9.17) is 16.3 Å². The zero-order valence-corrected chi connectivity index (χ0v) is 13.8. The van der Waals surface area contributed by atoms with Crippen molar-refractivity contribution >= 4 is 17.3 Å². The smallest absolute Gasteiger partial charge is 0.334 e. The van der Waals surface area contributed by atoms with Crippen LogP contribution in [0.2, 0.25) is 5.02 Å². The number of nitrogens with zero attached hydrogens (tertiary/aromatic N) is 3. The Morgan fingerprint density at radius 1 is 1.21 bits per heavy atom. The molecule has 7 heteroatoms. The largest absolute Gasteiger partial charge is 0.490 e. The van der Waals surface area contributed by atoms with Gasteiger partial charge in [-0.2, -0.15) is 0 Å². The summed E-state index contributed by atoms with van der Waals surface area (Å²) in [5, 5.41) is 12.1. The summed E-state index contributed by atoms with van der Waals surface area (Å²) in [4.78, 5) is 15.6. The van der Waals surface area contributed by atoms with E-state index in [9.17, 15) is 10.1 Å². The van der Waals surface area contributed by atoms with Crippen molar-refractivity contribution in [1.29, 1.82) is 0 Å². The minimum Gasteiger partial charge on any atom is -0.490 e. The lowest BCUT2D eigenvalue weighted by Crippen LogP contribution is -2.03. The molecule has 1 aromatic heterocycles. The topological polar surface area (TPSA) is 70.2 Å². The van der Waals surface area contributed by atoms with E-state index in [1.54, 1.807) is 35.0 Å². The third-order valence-corrected chi connectivity index (χ3v) is 3.91. The number of ether oxygens (including phenoxy) is 1. The van der Waals surface area contributed by atoms with Crippen LogP contribution in [0.1, 0.15) is 5.69 Å². The molecular formula is C17H14ClN3O3. The minimum absolute atomic E-state index is 0.120. The maximum atomic E-state index is 11.6. The molecule has 0 saturated heterocycles. The molecule has 0 bridgehead atoms. The second kappa shape index (κ2) is 6.33. The molecule has 0 aliphatic rings. The first kappa shape index (κ1) is 16.0. The molecule has 3 aromatic rings. The Bertz CT molecular complexity index is 921. The molecule has 3 rings (SSSR count). The molecule has 0 radical (unpaired) electrons. The zero-order chi connectivity index (χ0) is 17.3. The predicted molar refractivity (Wildman–Crippen MR) is 92.0 cm³/mol. The fourth-order valence-corrected chi connectivity index (χ4v) is 2.79. The van der Waals surface area contributed by atoms with E-state index in [2.05, 4.69) is 4.98 Å². The molecule has 0 N–H and O–H groups in total. The van der Waals surface area contributed by atoms with Crippen LogP contribution in [0.15, 0.2) is 48.7 Å². The molecule has 0 amide bonds. The lowest BCUT2D eigenvalue weighted by atomic mass is 10.2. The second-order valence-corrected chi connectivity index (χ2v) is 5.55. The third kappa shape index (κ3) is 2.72. The van der Waals surface area contributed by atoms with Crippen molar-refractivity contribution in [3.05, 3.63) is 69.5 Å². The zero-order valence-electron chi connectivity index (χ0n) is 13.1. The maximum Gasteiger partial charge on any atom is 0.334 e. The van der Waals surface area contributed by atoms with Gasteiger partial charge in [-0.3, -0.25) is 14.7 Å². The fourth-order valence-electron chi connectivity index (χ4n) is 2.57. The minimum atomic E-state index is -0.458. The first-order chi connectivity index (χ1) is 11.5. The normalized spacial score (nSPS) is 10.6. The summed E-state index contributed by atoms with van der Waals surface area (Å²) in [6, 6.07) is 12.2. The maximum absolute atomic E-state index is 11.6. The summed E-state index contributed by atoms with van der Waals surface area (Å²) < 4.78 is 6.81. The van der Waals surface area contributed by atoms with Crippen molar-refractivity contribution in [1.82, 2.24) is 9.55 Å². The molecule has 2 aromatic carbocycles. The van der Waals surface area contributed by atoms with Crippen LogP contribution in [-0.4, -0.2) is 21.6 Å². The standard InChI is InChI=1S/C17H14ClN3O3/c1-11-10-20(17(19-11)12-6-3-4-7-13(12)18)14-8-5-9-15(24-2)16(14)21(22)23/h3-10H,1-2H3. The number of hydrogen-bond donors (Lipinski definition) is 0. The number of rotatable bonds is 4. The second-order valence-electron chi connectivity index (χ2n) is 5.14. The van der Waals surface area contributed by atoms with Gasteiger partial charge >= 0.3 is 5.69 Å². The van der Waals surface area contributed by atoms with Crippen LogP contribution in [0.5, 0.6) is 5.75 Å². The number of aromatic nitrogens is 2. The number of imidazole rings is 1. The summed E-state index contributed by atoms with van der Waals surface area (Å²) in [6.45, 7) is 1.82. The molecule has 1 heterocycles. The van der Waals surface area contributed by atoms with E-state index in [1.165, 1.54) is 7.11 Å². The van der Waals surface area contributed by atoms with Crippen LogP contribution in [0.4, 0.5) is 5.69 Å². The first-order valence-corrected chi connectivity index (χ1v) is 7.53. The van der Waals surface area contributed by atoms with Gasteiger partial charge in [0.05, 0.1) is 22.7 Å². The SMILES string of the molecule is COc1cccc(-n2cc(C)nc2-c2ccccc2Cl)c1[N+](=O)[O-]. The van der Waals surface area contributed by atoms with E-state index in [1.807, 2.05) is 25.1 Å². The number of nitro benzene ring substituents is 1. The van der Waals surface area contributed by atoms with Crippen LogP contribution in [0, 0.1) is 17.0 Å². The highest BCUT2D eigenvalue weighted by molar-refractivity contribution is 6.33. The number of methoxy groups -OCH3 is 1. The molecule has 0 spiro atoms. The highest BCUT2D eigenvalue weighted by atomic mass is 35.5. The number of hydrogen-bond acceptors (Lipinski definition) is 4. The lowest BCUT2D eigenvalue weighted by molar-refractivity contribution is -0.385. The van der Waals surface area contributed by atoms with Crippen LogP contribution >= 0.6 is 11.6 Å². The summed E-state index contributed by atoms with van der Waals surface area (Å²) >= 11 is 6.28. The Balaban J connectivity index is 2.30. The van der Waals surface area contributed by atoms with E-state index in [-0.39, 0.29) is 11.4 Å². The number of aryl methyl sites for hydroxylation is 1. The van der Waals surface area contributed by atoms with Crippen molar-refractivity contribution in [3.8, 4) is 22.8 Å². The van der Waals surface area contributed by atoms with Gasteiger partial charge in [0.25, 0.3) is 0 Å². The van der Waals surface area contributed by atoms with Crippen molar-refractivity contribution in [3.63, 3.8) is 0 Å². The Hall–Kier alpha value is -2.86. The molecule has 122 valence electrons. The number of benzene rings is 2. The Morgan fingerprint density at radius 2 is 1.96 bits per heavy atom. The van der Waals surface area contributed by atoms with Crippen molar-refractivity contribution < 1.29 is 9.66 Å². The van der Waals surface area contributed by atoms with E-state index in [0.29, 0.717) is 22.1 Å². The Kier molecular flexibility index (Phi) is 4.22. The summed E-state index contributed by atoms with van der Waals surface area (Å²) in [5.41, 5.74) is 1.67. The van der Waals surface area contributed by atoms with Crippen molar-refractivity contribution in [2.24, 2.45) is 0 Å². The van der Waals surface area contributed by atoms with E-state index < -0.39 is 4.92 Å². The van der Waals surface area contributed by atoms with Crippen LogP contribution in [0.25, 0.3) is 17.1 Å².